The molecule has 1 unspecified atom stereocenters. The lowest BCUT2D eigenvalue weighted by molar-refractivity contribution is -0.145. The van der Waals surface area contributed by atoms with Crippen molar-refractivity contribution in [2.75, 3.05) is 6.61 Å². The van der Waals surface area contributed by atoms with Crippen molar-refractivity contribution in [3.8, 4) is 0 Å². The van der Waals surface area contributed by atoms with Gasteiger partial charge in [0, 0.05) is 6.42 Å². The first kappa shape index (κ1) is 14.4. The van der Waals surface area contributed by atoms with Crippen molar-refractivity contribution >= 4 is 11.8 Å². The van der Waals surface area contributed by atoms with E-state index in [0.29, 0.717) is 13.0 Å². The molecule has 0 fully saturated rings. The quantitative estimate of drug-likeness (QED) is 0.550. The molecule has 0 heterocycles. The number of Topliss-reactive ketones (excluding diaryl/α,β-unsaturated/α-hetero) is 1. The summed E-state index contributed by atoms with van der Waals surface area (Å²) in [6.07, 6.45) is 1.18. The van der Waals surface area contributed by atoms with Crippen molar-refractivity contribution in [2.45, 2.75) is 33.1 Å². The molecule has 0 aliphatic rings. The fourth-order valence-corrected chi connectivity index (χ4v) is 1.92. The molecule has 0 radical (unpaired) electrons. The van der Waals surface area contributed by atoms with Crippen molar-refractivity contribution in [3.05, 3.63) is 35.9 Å². The first-order chi connectivity index (χ1) is 8.61. The molecule has 0 aliphatic carbocycles. The van der Waals surface area contributed by atoms with Crippen LogP contribution in [0.2, 0.25) is 0 Å². The fourth-order valence-electron chi connectivity index (χ4n) is 1.92. The molecule has 1 rings (SSSR count). The molecule has 0 saturated heterocycles. The second-order valence-corrected chi connectivity index (χ2v) is 4.52. The van der Waals surface area contributed by atoms with Gasteiger partial charge in [0.25, 0.3) is 0 Å². The van der Waals surface area contributed by atoms with Crippen LogP contribution in [0.3, 0.4) is 0 Å². The van der Waals surface area contributed by atoms with Gasteiger partial charge in [-0.1, -0.05) is 37.3 Å². The van der Waals surface area contributed by atoms with Crippen molar-refractivity contribution in [1.82, 2.24) is 0 Å². The lowest BCUT2D eigenvalue weighted by Crippen LogP contribution is -2.14. The standard InChI is InChI=1S/C15H20O3/c1-3-18-15(17)11-14(16)10-12(2)9-13-7-5-4-6-8-13/h4-8,12H,3,9-11H2,1-2H3. The molecule has 3 heteroatoms. The third kappa shape index (κ3) is 5.62. The monoisotopic (exact) mass is 248 g/mol. The number of benzene rings is 1. The summed E-state index contributed by atoms with van der Waals surface area (Å²) >= 11 is 0. The van der Waals surface area contributed by atoms with Crippen molar-refractivity contribution < 1.29 is 14.3 Å². The highest BCUT2D eigenvalue weighted by molar-refractivity contribution is 5.95. The summed E-state index contributed by atoms with van der Waals surface area (Å²) in [7, 11) is 0. The maximum atomic E-state index is 11.6. The van der Waals surface area contributed by atoms with Crippen LogP contribution in [0, 0.1) is 5.92 Å². The van der Waals surface area contributed by atoms with Gasteiger partial charge in [-0.2, -0.15) is 0 Å². The highest BCUT2D eigenvalue weighted by Crippen LogP contribution is 2.13. The van der Waals surface area contributed by atoms with Crippen LogP contribution in [0.15, 0.2) is 30.3 Å². The predicted molar refractivity (Wildman–Crippen MR) is 70.2 cm³/mol. The van der Waals surface area contributed by atoms with Crippen molar-refractivity contribution in [3.63, 3.8) is 0 Å². The minimum absolute atomic E-state index is 0.0446. The van der Waals surface area contributed by atoms with Gasteiger partial charge in [0.1, 0.15) is 12.2 Å². The van der Waals surface area contributed by atoms with E-state index < -0.39 is 5.97 Å². The van der Waals surface area contributed by atoms with Gasteiger partial charge in [0.05, 0.1) is 6.61 Å². The molecule has 0 bridgehead atoms. The molecular formula is C15H20O3. The van der Waals surface area contributed by atoms with E-state index in [1.165, 1.54) is 5.56 Å². The minimum Gasteiger partial charge on any atom is -0.466 e. The second-order valence-electron chi connectivity index (χ2n) is 4.52. The molecule has 0 spiro atoms. The number of carbonyl (C=O) groups excluding carboxylic acids is 2. The molecule has 0 amide bonds. The van der Waals surface area contributed by atoms with Crippen molar-refractivity contribution in [2.24, 2.45) is 5.92 Å². The summed E-state index contributed by atoms with van der Waals surface area (Å²) in [5, 5.41) is 0. The number of carbonyl (C=O) groups is 2. The average Bonchev–Trinajstić information content (AvgIpc) is 2.29. The third-order valence-corrected chi connectivity index (χ3v) is 2.65. The fraction of sp³-hybridized carbons (Fsp3) is 0.467. The van der Waals surface area contributed by atoms with Crippen LogP contribution in [-0.4, -0.2) is 18.4 Å². The number of rotatable bonds is 7. The maximum absolute atomic E-state index is 11.6. The third-order valence-electron chi connectivity index (χ3n) is 2.65. The van der Waals surface area contributed by atoms with Crippen LogP contribution < -0.4 is 0 Å². The topological polar surface area (TPSA) is 43.4 Å². The summed E-state index contributed by atoms with van der Waals surface area (Å²) in [4.78, 5) is 22.8. The molecular weight excluding hydrogens is 228 g/mol. The molecule has 1 atom stereocenters. The van der Waals surface area contributed by atoms with Gasteiger partial charge in [0.2, 0.25) is 0 Å². The normalized spacial score (nSPS) is 11.9. The molecule has 0 aromatic heterocycles. The van der Waals surface area contributed by atoms with Gasteiger partial charge < -0.3 is 4.74 Å². The summed E-state index contributed by atoms with van der Waals surface area (Å²) in [5.41, 5.74) is 1.22. The summed E-state index contributed by atoms with van der Waals surface area (Å²) in [5.74, 6) is -0.222. The van der Waals surface area contributed by atoms with Crippen LogP contribution in [0.5, 0.6) is 0 Å². The van der Waals surface area contributed by atoms with E-state index in [1.54, 1.807) is 6.92 Å². The average molecular weight is 248 g/mol. The Morgan fingerprint density at radius 3 is 2.50 bits per heavy atom. The van der Waals surface area contributed by atoms with E-state index in [4.69, 9.17) is 4.74 Å². The summed E-state index contributed by atoms with van der Waals surface area (Å²) in [6, 6.07) is 10.0. The highest BCUT2D eigenvalue weighted by Gasteiger charge is 2.14. The van der Waals surface area contributed by atoms with Gasteiger partial charge >= 0.3 is 5.97 Å². The number of hydrogen-bond donors (Lipinski definition) is 0. The van der Waals surface area contributed by atoms with Gasteiger partial charge in [-0.05, 0) is 24.8 Å². The SMILES string of the molecule is CCOC(=O)CC(=O)CC(C)Cc1ccccc1. The molecule has 18 heavy (non-hydrogen) atoms. The van der Waals surface area contributed by atoms with E-state index in [2.05, 4.69) is 0 Å². The first-order valence-electron chi connectivity index (χ1n) is 6.33. The molecule has 0 saturated carbocycles. The van der Waals surface area contributed by atoms with Crippen LogP contribution in [0.25, 0.3) is 0 Å². The number of ether oxygens (including phenoxy) is 1. The van der Waals surface area contributed by atoms with Crippen LogP contribution in [0.4, 0.5) is 0 Å². The van der Waals surface area contributed by atoms with E-state index in [-0.39, 0.29) is 18.1 Å². The molecule has 3 nitrogen and oxygen atoms in total. The zero-order chi connectivity index (χ0) is 13.4. The van der Waals surface area contributed by atoms with Crippen LogP contribution >= 0.6 is 0 Å². The highest BCUT2D eigenvalue weighted by atomic mass is 16.5. The number of ketones is 1. The largest absolute Gasteiger partial charge is 0.466 e. The summed E-state index contributed by atoms with van der Waals surface area (Å²) < 4.78 is 4.75. The minimum atomic E-state index is -0.422. The van der Waals surface area contributed by atoms with E-state index in [9.17, 15) is 9.59 Å². The first-order valence-corrected chi connectivity index (χ1v) is 6.33. The predicted octanol–water partition coefficient (Wildman–Crippen LogP) is 2.78. The number of hydrogen-bond acceptors (Lipinski definition) is 3. The Morgan fingerprint density at radius 2 is 1.89 bits per heavy atom. The molecule has 98 valence electrons. The Bertz CT molecular complexity index is 384. The van der Waals surface area contributed by atoms with E-state index in [0.717, 1.165) is 6.42 Å². The number of esters is 1. The Morgan fingerprint density at radius 1 is 1.22 bits per heavy atom. The van der Waals surface area contributed by atoms with E-state index in [1.807, 2.05) is 37.3 Å². The lowest BCUT2D eigenvalue weighted by atomic mass is 9.95. The van der Waals surface area contributed by atoms with Gasteiger partial charge in [-0.15, -0.1) is 0 Å². The maximum Gasteiger partial charge on any atom is 0.313 e. The lowest BCUT2D eigenvalue weighted by Gasteiger charge is -2.10. The Hall–Kier alpha value is -1.64. The van der Waals surface area contributed by atoms with Gasteiger partial charge in [0.15, 0.2) is 0 Å². The molecule has 1 aromatic carbocycles. The van der Waals surface area contributed by atoms with E-state index >= 15 is 0 Å². The molecule has 0 aliphatic heterocycles. The van der Waals surface area contributed by atoms with Crippen LogP contribution in [-0.2, 0) is 20.7 Å². The van der Waals surface area contributed by atoms with Gasteiger partial charge in [-0.25, -0.2) is 0 Å². The second kappa shape index (κ2) is 7.64. The Kier molecular flexibility index (Phi) is 6.12. The smallest absolute Gasteiger partial charge is 0.313 e. The summed E-state index contributed by atoms with van der Waals surface area (Å²) in [6.45, 7) is 4.09. The van der Waals surface area contributed by atoms with Crippen LogP contribution in [0.1, 0.15) is 32.3 Å². The van der Waals surface area contributed by atoms with Crippen molar-refractivity contribution in [1.29, 1.82) is 0 Å². The zero-order valence-corrected chi connectivity index (χ0v) is 11.0. The Balaban J connectivity index is 2.34. The molecule has 0 N–H and O–H groups in total. The van der Waals surface area contributed by atoms with Gasteiger partial charge in [-0.3, -0.25) is 9.59 Å². The Labute approximate surface area is 108 Å². The zero-order valence-electron chi connectivity index (χ0n) is 11.0. The molecule has 1 aromatic rings.